The van der Waals surface area contributed by atoms with Crippen LogP contribution in [0.25, 0.3) is 17.2 Å². The molecule has 0 spiro atoms. The number of hydrogen-bond donors (Lipinski definition) is 2. The van der Waals surface area contributed by atoms with Crippen LogP contribution in [0.3, 0.4) is 0 Å². The minimum atomic E-state index is -0.117. The van der Waals surface area contributed by atoms with Gasteiger partial charge in [0.1, 0.15) is 11.6 Å². The van der Waals surface area contributed by atoms with E-state index in [4.69, 9.17) is 5.73 Å². The smallest absolute Gasteiger partial charge is 0.253 e. The molecule has 39 heavy (non-hydrogen) atoms. The van der Waals surface area contributed by atoms with Crippen LogP contribution in [0, 0.1) is 0 Å². The van der Waals surface area contributed by atoms with E-state index >= 15 is 0 Å². The van der Waals surface area contributed by atoms with Gasteiger partial charge in [-0.15, -0.1) is 0 Å². The van der Waals surface area contributed by atoms with Gasteiger partial charge in [0, 0.05) is 54.9 Å². The minimum Gasteiger partial charge on any atom is -0.508 e. The van der Waals surface area contributed by atoms with Gasteiger partial charge in [-0.3, -0.25) is 9.59 Å². The van der Waals surface area contributed by atoms with Crippen LogP contribution in [0.5, 0.6) is 5.75 Å². The second-order valence-electron chi connectivity index (χ2n) is 10.2. The highest BCUT2D eigenvalue weighted by Crippen LogP contribution is 2.32. The largest absolute Gasteiger partial charge is 0.508 e. The number of carbonyl (C=O) groups is 2. The molecule has 7 nitrogen and oxygen atoms in total. The normalized spacial score (nSPS) is 14.7. The molecule has 5 rings (SSSR count). The molecule has 2 amide bonds. The number of nitrogens with zero attached hydrogens (tertiary/aromatic N) is 3. The van der Waals surface area contributed by atoms with E-state index < -0.39 is 0 Å². The molecule has 0 bridgehead atoms. The second-order valence-corrected chi connectivity index (χ2v) is 10.2. The molecular weight excluding hydrogens is 488 g/mol. The Hall–Kier alpha value is -4.39. The number of carbonyl (C=O) groups excluding carboxylic acids is 2. The van der Waals surface area contributed by atoms with Crippen molar-refractivity contribution < 1.29 is 14.7 Å². The molecule has 0 aromatic heterocycles. The third kappa shape index (κ3) is 5.87. The molecule has 0 saturated carbocycles. The molecule has 0 aliphatic carbocycles. The molecule has 0 unspecified atom stereocenters. The fourth-order valence-electron chi connectivity index (χ4n) is 5.19. The number of aliphatic imine (C=N–C) groups is 1. The van der Waals surface area contributed by atoms with Crippen molar-refractivity contribution in [1.82, 2.24) is 9.80 Å². The number of aromatic hydroxyl groups is 1. The van der Waals surface area contributed by atoms with E-state index in [1.54, 1.807) is 17.0 Å². The second kappa shape index (κ2) is 11.6. The van der Waals surface area contributed by atoms with E-state index in [0.29, 0.717) is 41.3 Å². The van der Waals surface area contributed by atoms with E-state index in [1.165, 1.54) is 0 Å². The van der Waals surface area contributed by atoms with Crippen LogP contribution in [0.1, 0.15) is 54.1 Å². The lowest BCUT2D eigenvalue weighted by Crippen LogP contribution is -2.33. The highest BCUT2D eigenvalue weighted by Gasteiger charge is 2.23. The van der Waals surface area contributed by atoms with Gasteiger partial charge >= 0.3 is 0 Å². The predicted molar refractivity (Wildman–Crippen MR) is 155 cm³/mol. The Labute approximate surface area is 229 Å². The van der Waals surface area contributed by atoms with Gasteiger partial charge in [0.15, 0.2) is 0 Å². The zero-order valence-corrected chi connectivity index (χ0v) is 22.3. The number of hydrogen-bond acceptors (Lipinski definition) is 5. The van der Waals surface area contributed by atoms with Crippen molar-refractivity contribution in [1.29, 1.82) is 0 Å². The summed E-state index contributed by atoms with van der Waals surface area (Å²) in [6.45, 7) is 4.55. The molecule has 2 heterocycles. The van der Waals surface area contributed by atoms with Gasteiger partial charge in [-0.1, -0.05) is 49.4 Å². The number of phenolic OH excluding ortho intramolecular Hbond substituents is 1. The first-order valence-electron chi connectivity index (χ1n) is 13.6. The van der Waals surface area contributed by atoms with Crippen LogP contribution in [-0.4, -0.2) is 52.2 Å². The number of amides is 2. The number of rotatable bonds is 7. The van der Waals surface area contributed by atoms with Gasteiger partial charge < -0.3 is 20.6 Å². The number of amidine groups is 1. The number of phenols is 1. The fourth-order valence-corrected chi connectivity index (χ4v) is 5.19. The SMILES string of the molecule is CCCN(Cc1ccccc1O)C(=O)C1=Cc2ccc(-c3ccc(C(=O)N4CCCC4)cc3)cc2N=C(N)C1. The third-order valence-corrected chi connectivity index (χ3v) is 7.26. The van der Waals surface area contributed by atoms with Gasteiger partial charge in [-0.05, 0) is 60.7 Å². The zero-order valence-electron chi connectivity index (χ0n) is 22.3. The van der Waals surface area contributed by atoms with Gasteiger partial charge in [0.2, 0.25) is 0 Å². The van der Waals surface area contributed by atoms with Crippen LogP contribution >= 0.6 is 0 Å². The molecule has 0 atom stereocenters. The first kappa shape index (κ1) is 26.2. The number of likely N-dealkylation sites (tertiary alicyclic amines) is 1. The molecule has 200 valence electrons. The van der Waals surface area contributed by atoms with Crippen molar-refractivity contribution in [2.75, 3.05) is 19.6 Å². The maximum Gasteiger partial charge on any atom is 0.253 e. The number of nitrogens with two attached hydrogens (primary N) is 1. The standard InChI is InChI=1S/C32H34N4O3/c1-2-15-36(21-26-7-3-4-8-29(26)37)32(39)27-18-25-14-13-24(19-28(25)34-30(33)20-27)22-9-11-23(12-10-22)31(38)35-16-5-6-17-35/h3-4,7-14,18-19,37H,2,5-6,15-17,20-21H2,1H3,(H2,33,34). The lowest BCUT2D eigenvalue weighted by molar-refractivity contribution is -0.127. The zero-order chi connectivity index (χ0) is 27.4. The molecule has 0 radical (unpaired) electrons. The molecule has 3 aromatic carbocycles. The van der Waals surface area contributed by atoms with Crippen molar-refractivity contribution >= 4 is 29.4 Å². The average Bonchev–Trinajstić information content (AvgIpc) is 3.43. The Bertz CT molecular complexity index is 1440. The molecular formula is C32H34N4O3. The van der Waals surface area contributed by atoms with Crippen LogP contribution < -0.4 is 5.73 Å². The Balaban J connectivity index is 1.39. The summed E-state index contributed by atoms with van der Waals surface area (Å²) in [5.41, 5.74) is 11.7. The molecule has 2 aliphatic heterocycles. The van der Waals surface area contributed by atoms with Crippen molar-refractivity contribution in [2.45, 2.75) is 39.2 Å². The molecule has 3 aromatic rings. The Morgan fingerprint density at radius 2 is 1.72 bits per heavy atom. The summed E-state index contributed by atoms with van der Waals surface area (Å²) in [6, 6.07) is 20.7. The summed E-state index contributed by atoms with van der Waals surface area (Å²) in [5.74, 6) is 0.512. The van der Waals surface area contributed by atoms with Crippen LogP contribution in [0.15, 0.2) is 77.3 Å². The first-order valence-corrected chi connectivity index (χ1v) is 13.6. The monoisotopic (exact) mass is 522 g/mol. The molecule has 3 N–H and O–H groups in total. The number of fused-ring (bicyclic) bond motifs is 1. The van der Waals surface area contributed by atoms with E-state index in [-0.39, 0.29) is 24.0 Å². The van der Waals surface area contributed by atoms with Crippen LogP contribution in [0.2, 0.25) is 0 Å². The highest BCUT2D eigenvalue weighted by molar-refractivity contribution is 6.05. The molecule has 2 aliphatic rings. The van der Waals surface area contributed by atoms with Crippen molar-refractivity contribution in [3.8, 4) is 16.9 Å². The number of para-hydroxylation sites is 1. The van der Waals surface area contributed by atoms with E-state index in [9.17, 15) is 14.7 Å². The van der Waals surface area contributed by atoms with Crippen molar-refractivity contribution in [3.05, 3.63) is 89.0 Å². The fraction of sp³-hybridized carbons (Fsp3) is 0.281. The number of benzene rings is 3. The van der Waals surface area contributed by atoms with E-state index in [2.05, 4.69) is 4.99 Å². The maximum atomic E-state index is 13.6. The highest BCUT2D eigenvalue weighted by atomic mass is 16.3. The van der Waals surface area contributed by atoms with E-state index in [1.807, 2.05) is 72.5 Å². The third-order valence-electron chi connectivity index (χ3n) is 7.26. The predicted octanol–water partition coefficient (Wildman–Crippen LogP) is 5.51. The summed E-state index contributed by atoms with van der Waals surface area (Å²) >= 11 is 0. The summed E-state index contributed by atoms with van der Waals surface area (Å²) in [7, 11) is 0. The van der Waals surface area contributed by atoms with Gasteiger partial charge in [-0.2, -0.15) is 0 Å². The molecule has 1 saturated heterocycles. The maximum absolute atomic E-state index is 13.6. The Morgan fingerprint density at radius 1 is 1.00 bits per heavy atom. The first-order chi connectivity index (χ1) is 18.9. The van der Waals surface area contributed by atoms with Crippen LogP contribution in [0.4, 0.5) is 5.69 Å². The lowest BCUT2D eigenvalue weighted by atomic mass is 9.99. The van der Waals surface area contributed by atoms with Gasteiger partial charge in [0.25, 0.3) is 11.8 Å². The Morgan fingerprint density at radius 3 is 2.44 bits per heavy atom. The minimum absolute atomic E-state index is 0.0836. The topological polar surface area (TPSA) is 99.2 Å². The quantitative estimate of drug-likeness (QED) is 0.427. The summed E-state index contributed by atoms with van der Waals surface area (Å²) < 4.78 is 0. The molecule has 1 fully saturated rings. The summed E-state index contributed by atoms with van der Waals surface area (Å²) in [6.07, 6.45) is 5.04. The van der Waals surface area contributed by atoms with Crippen LogP contribution in [-0.2, 0) is 11.3 Å². The van der Waals surface area contributed by atoms with Gasteiger partial charge in [0.05, 0.1) is 5.69 Å². The van der Waals surface area contributed by atoms with Crippen molar-refractivity contribution in [3.63, 3.8) is 0 Å². The van der Waals surface area contributed by atoms with Crippen molar-refractivity contribution in [2.24, 2.45) is 10.7 Å². The molecule has 7 heteroatoms. The van der Waals surface area contributed by atoms with Gasteiger partial charge in [-0.25, -0.2) is 4.99 Å². The summed E-state index contributed by atoms with van der Waals surface area (Å²) in [5, 5.41) is 10.2. The van der Waals surface area contributed by atoms with E-state index in [0.717, 1.165) is 49.0 Å². The summed E-state index contributed by atoms with van der Waals surface area (Å²) in [4.78, 5) is 34.6. The Kier molecular flexibility index (Phi) is 7.77. The average molecular weight is 523 g/mol. The lowest BCUT2D eigenvalue weighted by Gasteiger charge is -2.24.